The molecule has 0 saturated heterocycles. The van der Waals surface area contributed by atoms with Gasteiger partial charge in [0, 0.05) is 4.47 Å². The topological polar surface area (TPSA) is 38.3 Å². The number of amides is 1. The van der Waals surface area contributed by atoms with E-state index in [1.54, 1.807) is 7.11 Å². The fourth-order valence-electron chi connectivity index (χ4n) is 2.16. The highest BCUT2D eigenvalue weighted by molar-refractivity contribution is 9.10. The van der Waals surface area contributed by atoms with Crippen LogP contribution in [-0.4, -0.2) is 13.0 Å². The summed E-state index contributed by atoms with van der Waals surface area (Å²) in [6.45, 7) is 1.98. The van der Waals surface area contributed by atoms with E-state index in [0.717, 1.165) is 21.3 Å². The molecule has 0 saturated carbocycles. The standard InChI is InChI=1S/C17H18BrNO2/c1-12(15-8-3-4-9-16(15)18)19-17(20)11-13-6-5-7-14(10-13)21-2/h3-10,12H,11H2,1-2H3,(H,19,20). The van der Waals surface area contributed by atoms with Gasteiger partial charge in [0.2, 0.25) is 5.91 Å². The van der Waals surface area contributed by atoms with Crippen molar-refractivity contribution in [2.75, 3.05) is 7.11 Å². The van der Waals surface area contributed by atoms with Crippen LogP contribution < -0.4 is 10.1 Å². The van der Waals surface area contributed by atoms with Crippen LogP contribution in [0.5, 0.6) is 5.75 Å². The second-order valence-corrected chi connectivity index (χ2v) is 5.69. The summed E-state index contributed by atoms with van der Waals surface area (Å²) in [6, 6.07) is 15.4. The number of carbonyl (C=O) groups excluding carboxylic acids is 1. The van der Waals surface area contributed by atoms with Crippen LogP contribution in [0.1, 0.15) is 24.1 Å². The third-order valence-electron chi connectivity index (χ3n) is 3.25. The molecule has 0 aromatic heterocycles. The highest BCUT2D eigenvalue weighted by atomic mass is 79.9. The van der Waals surface area contributed by atoms with Gasteiger partial charge in [0.05, 0.1) is 19.6 Å². The molecule has 2 aromatic rings. The minimum atomic E-state index is -0.0429. The van der Waals surface area contributed by atoms with Crippen molar-refractivity contribution in [1.82, 2.24) is 5.32 Å². The lowest BCUT2D eigenvalue weighted by Crippen LogP contribution is -2.28. The van der Waals surface area contributed by atoms with Gasteiger partial charge in [0.1, 0.15) is 5.75 Å². The molecule has 4 heteroatoms. The van der Waals surface area contributed by atoms with E-state index in [4.69, 9.17) is 4.74 Å². The van der Waals surface area contributed by atoms with Crippen LogP contribution in [0.15, 0.2) is 53.0 Å². The van der Waals surface area contributed by atoms with E-state index in [1.165, 1.54) is 0 Å². The zero-order chi connectivity index (χ0) is 15.2. The molecule has 0 aliphatic carbocycles. The van der Waals surface area contributed by atoms with Crippen molar-refractivity contribution in [1.29, 1.82) is 0 Å². The molecule has 0 fully saturated rings. The average Bonchev–Trinajstić information content (AvgIpc) is 2.47. The fourth-order valence-corrected chi connectivity index (χ4v) is 2.79. The quantitative estimate of drug-likeness (QED) is 0.891. The van der Waals surface area contributed by atoms with Crippen molar-refractivity contribution in [2.45, 2.75) is 19.4 Å². The van der Waals surface area contributed by atoms with E-state index in [9.17, 15) is 4.79 Å². The molecule has 0 heterocycles. The third kappa shape index (κ3) is 4.33. The molecule has 2 aromatic carbocycles. The van der Waals surface area contributed by atoms with Crippen LogP contribution in [0.25, 0.3) is 0 Å². The SMILES string of the molecule is COc1cccc(CC(=O)NC(C)c2ccccc2Br)c1. The molecule has 3 nitrogen and oxygen atoms in total. The van der Waals surface area contributed by atoms with Crippen molar-refractivity contribution < 1.29 is 9.53 Å². The molecule has 1 unspecified atom stereocenters. The monoisotopic (exact) mass is 347 g/mol. The summed E-state index contributed by atoms with van der Waals surface area (Å²) in [5.41, 5.74) is 2.00. The predicted octanol–water partition coefficient (Wildman–Crippen LogP) is 3.88. The number of carbonyl (C=O) groups is 1. The Morgan fingerprint density at radius 1 is 1.24 bits per heavy atom. The molecule has 1 N–H and O–H groups in total. The van der Waals surface area contributed by atoms with Gasteiger partial charge in [-0.05, 0) is 36.2 Å². The highest BCUT2D eigenvalue weighted by Crippen LogP contribution is 2.22. The third-order valence-corrected chi connectivity index (χ3v) is 3.97. The summed E-state index contributed by atoms with van der Waals surface area (Å²) in [7, 11) is 1.62. The Morgan fingerprint density at radius 3 is 2.71 bits per heavy atom. The number of benzene rings is 2. The van der Waals surface area contributed by atoms with Crippen LogP contribution in [0.4, 0.5) is 0 Å². The Kier molecular flexibility index (Phi) is 5.39. The maximum Gasteiger partial charge on any atom is 0.224 e. The smallest absolute Gasteiger partial charge is 0.224 e. The lowest BCUT2D eigenvalue weighted by molar-refractivity contribution is -0.121. The summed E-state index contributed by atoms with van der Waals surface area (Å²) in [4.78, 5) is 12.1. The number of hydrogen-bond acceptors (Lipinski definition) is 2. The molecule has 0 bridgehead atoms. The van der Waals surface area contributed by atoms with Gasteiger partial charge < -0.3 is 10.1 Å². The first kappa shape index (κ1) is 15.6. The van der Waals surface area contributed by atoms with E-state index in [-0.39, 0.29) is 11.9 Å². The molecule has 1 atom stereocenters. The zero-order valence-electron chi connectivity index (χ0n) is 12.1. The molecule has 21 heavy (non-hydrogen) atoms. The maximum absolute atomic E-state index is 12.1. The summed E-state index contributed by atoms with van der Waals surface area (Å²) in [5.74, 6) is 0.755. The number of methoxy groups -OCH3 is 1. The normalized spacial score (nSPS) is 11.8. The molecule has 1 amide bonds. The first-order valence-corrected chi connectivity index (χ1v) is 7.56. The Balaban J connectivity index is 2.00. The number of rotatable bonds is 5. The van der Waals surface area contributed by atoms with Crippen molar-refractivity contribution in [2.24, 2.45) is 0 Å². The first-order chi connectivity index (χ1) is 10.1. The molecule has 0 aliphatic heterocycles. The van der Waals surface area contributed by atoms with E-state index in [0.29, 0.717) is 6.42 Å². The van der Waals surface area contributed by atoms with Gasteiger partial charge in [0.15, 0.2) is 0 Å². The number of ether oxygens (including phenoxy) is 1. The fraction of sp³-hybridized carbons (Fsp3) is 0.235. The molecule has 0 radical (unpaired) electrons. The largest absolute Gasteiger partial charge is 0.497 e. The van der Waals surface area contributed by atoms with Crippen molar-refractivity contribution in [3.05, 3.63) is 64.1 Å². The van der Waals surface area contributed by atoms with Crippen molar-refractivity contribution in [3.63, 3.8) is 0 Å². The highest BCUT2D eigenvalue weighted by Gasteiger charge is 2.12. The molecular formula is C17H18BrNO2. The minimum absolute atomic E-state index is 0.00786. The predicted molar refractivity (Wildman–Crippen MR) is 87.4 cm³/mol. The van der Waals surface area contributed by atoms with E-state index < -0.39 is 0 Å². The van der Waals surface area contributed by atoms with Crippen LogP contribution >= 0.6 is 15.9 Å². The zero-order valence-corrected chi connectivity index (χ0v) is 13.7. The van der Waals surface area contributed by atoms with Gasteiger partial charge >= 0.3 is 0 Å². The number of hydrogen-bond donors (Lipinski definition) is 1. The van der Waals surface area contributed by atoms with E-state index in [2.05, 4.69) is 21.2 Å². The average molecular weight is 348 g/mol. The van der Waals surface area contributed by atoms with E-state index in [1.807, 2.05) is 55.5 Å². The maximum atomic E-state index is 12.1. The number of nitrogens with one attached hydrogen (secondary N) is 1. The van der Waals surface area contributed by atoms with Gasteiger partial charge in [-0.2, -0.15) is 0 Å². The molecule has 2 rings (SSSR count). The molecule has 0 spiro atoms. The van der Waals surface area contributed by atoms with Gasteiger partial charge in [-0.3, -0.25) is 4.79 Å². The first-order valence-electron chi connectivity index (χ1n) is 6.77. The Labute approximate surface area is 133 Å². The van der Waals surface area contributed by atoms with Crippen molar-refractivity contribution >= 4 is 21.8 Å². The molecule has 110 valence electrons. The second-order valence-electron chi connectivity index (χ2n) is 4.84. The summed E-state index contributed by atoms with van der Waals surface area (Å²) in [6.07, 6.45) is 0.339. The van der Waals surface area contributed by atoms with Gasteiger partial charge in [-0.25, -0.2) is 0 Å². The van der Waals surface area contributed by atoms with Crippen LogP contribution in [0.2, 0.25) is 0 Å². The van der Waals surface area contributed by atoms with E-state index >= 15 is 0 Å². The van der Waals surface area contributed by atoms with Crippen molar-refractivity contribution in [3.8, 4) is 5.75 Å². The van der Waals surface area contributed by atoms with Gasteiger partial charge in [0.25, 0.3) is 0 Å². The van der Waals surface area contributed by atoms with Gasteiger partial charge in [-0.15, -0.1) is 0 Å². The van der Waals surface area contributed by atoms with Crippen LogP contribution in [0, 0.1) is 0 Å². The Bertz CT molecular complexity index is 628. The Hall–Kier alpha value is -1.81. The lowest BCUT2D eigenvalue weighted by Gasteiger charge is -2.16. The van der Waals surface area contributed by atoms with Crippen LogP contribution in [0.3, 0.4) is 0 Å². The Morgan fingerprint density at radius 2 is 2.00 bits per heavy atom. The van der Waals surface area contributed by atoms with Gasteiger partial charge in [-0.1, -0.05) is 46.3 Å². The summed E-state index contributed by atoms with van der Waals surface area (Å²) >= 11 is 3.50. The van der Waals surface area contributed by atoms with Crippen LogP contribution in [-0.2, 0) is 11.2 Å². The molecular weight excluding hydrogens is 330 g/mol. The number of halogens is 1. The summed E-state index contributed by atoms with van der Waals surface area (Å²) in [5, 5.41) is 3.01. The lowest BCUT2D eigenvalue weighted by atomic mass is 10.1. The summed E-state index contributed by atoms with van der Waals surface area (Å²) < 4.78 is 6.16. The second kappa shape index (κ2) is 7.27. The molecule has 0 aliphatic rings. The minimum Gasteiger partial charge on any atom is -0.497 e.